The van der Waals surface area contributed by atoms with Crippen molar-refractivity contribution in [2.75, 3.05) is 12.4 Å². The maximum absolute atomic E-state index is 11.4. The van der Waals surface area contributed by atoms with Gasteiger partial charge in [-0.05, 0) is 31.1 Å². The maximum atomic E-state index is 11.4. The van der Waals surface area contributed by atoms with Crippen LogP contribution in [0.4, 0.5) is 0 Å². The van der Waals surface area contributed by atoms with Gasteiger partial charge >= 0.3 is 0 Å². The second-order valence-corrected chi connectivity index (χ2v) is 6.65. The van der Waals surface area contributed by atoms with Crippen LogP contribution in [-0.2, 0) is 10.0 Å². The molecule has 2 N–H and O–H groups in total. The minimum atomic E-state index is -3.28. The fourth-order valence-corrected chi connectivity index (χ4v) is 3.53. The van der Waals surface area contributed by atoms with E-state index >= 15 is 0 Å². The fraction of sp³-hybridized carbons (Fsp3) is 1.00. The van der Waals surface area contributed by atoms with Crippen molar-refractivity contribution >= 4 is 10.0 Å². The van der Waals surface area contributed by atoms with Gasteiger partial charge in [0, 0.05) is 6.04 Å². The molecule has 0 aromatic heterocycles. The van der Waals surface area contributed by atoms with Crippen LogP contribution < -0.4 is 4.72 Å². The molecule has 2 unspecified atom stereocenters. The van der Waals surface area contributed by atoms with Gasteiger partial charge < -0.3 is 5.11 Å². The van der Waals surface area contributed by atoms with Crippen LogP contribution in [0.5, 0.6) is 0 Å². The Labute approximate surface area is 92.1 Å². The third kappa shape index (κ3) is 4.49. The molecule has 1 rings (SSSR count). The lowest BCUT2D eigenvalue weighted by atomic mass is 9.81. The third-order valence-electron chi connectivity index (χ3n) is 2.88. The Kier molecular flexibility index (Phi) is 4.55. The molecule has 0 bridgehead atoms. The zero-order chi connectivity index (χ0) is 11.5. The van der Waals surface area contributed by atoms with Gasteiger partial charge in [-0.3, -0.25) is 0 Å². The van der Waals surface area contributed by atoms with Crippen LogP contribution in [-0.4, -0.2) is 31.9 Å². The number of hydrogen-bond acceptors (Lipinski definition) is 3. The standard InChI is InChI=1S/C10H21NO3S/c1-8-5-9(2)7-10(6-8)11-15(13,14)4-3-12/h8-12H,3-7H2,1-2H3. The van der Waals surface area contributed by atoms with Crippen LogP contribution in [0.25, 0.3) is 0 Å². The van der Waals surface area contributed by atoms with E-state index in [2.05, 4.69) is 18.6 Å². The van der Waals surface area contributed by atoms with Crippen molar-refractivity contribution in [3.8, 4) is 0 Å². The number of aliphatic hydroxyl groups is 1. The Balaban J connectivity index is 2.51. The van der Waals surface area contributed by atoms with E-state index in [-0.39, 0.29) is 18.4 Å². The van der Waals surface area contributed by atoms with Crippen molar-refractivity contribution in [2.45, 2.75) is 39.2 Å². The second-order valence-electron chi connectivity index (χ2n) is 4.77. The first-order valence-corrected chi connectivity index (χ1v) is 7.19. The predicted molar refractivity (Wildman–Crippen MR) is 60.0 cm³/mol. The molecule has 1 saturated carbocycles. The van der Waals surface area contributed by atoms with Gasteiger partial charge in [-0.1, -0.05) is 13.8 Å². The fourth-order valence-electron chi connectivity index (χ4n) is 2.48. The Morgan fingerprint density at radius 3 is 2.20 bits per heavy atom. The maximum Gasteiger partial charge on any atom is 0.214 e. The van der Waals surface area contributed by atoms with Crippen LogP contribution in [0.1, 0.15) is 33.1 Å². The van der Waals surface area contributed by atoms with E-state index < -0.39 is 10.0 Å². The molecule has 5 heteroatoms. The van der Waals surface area contributed by atoms with Crippen LogP contribution >= 0.6 is 0 Å². The predicted octanol–water partition coefficient (Wildman–Crippen LogP) is 0.723. The minimum absolute atomic E-state index is 0.0558. The van der Waals surface area contributed by atoms with Crippen molar-refractivity contribution in [3.05, 3.63) is 0 Å². The van der Waals surface area contributed by atoms with Gasteiger partial charge in [0.1, 0.15) is 0 Å². The molecule has 1 aliphatic rings. The molecule has 4 nitrogen and oxygen atoms in total. The summed E-state index contributed by atoms with van der Waals surface area (Å²) in [6, 6.07) is 0.0558. The zero-order valence-electron chi connectivity index (χ0n) is 9.44. The first-order valence-electron chi connectivity index (χ1n) is 5.54. The molecule has 1 aliphatic carbocycles. The molecule has 0 aromatic rings. The topological polar surface area (TPSA) is 66.4 Å². The van der Waals surface area contributed by atoms with Gasteiger partial charge in [0.05, 0.1) is 12.4 Å². The van der Waals surface area contributed by atoms with Crippen LogP contribution in [0.15, 0.2) is 0 Å². The highest BCUT2D eigenvalue weighted by molar-refractivity contribution is 7.89. The Morgan fingerprint density at radius 2 is 1.73 bits per heavy atom. The molecular weight excluding hydrogens is 214 g/mol. The van der Waals surface area contributed by atoms with Crippen LogP contribution in [0.2, 0.25) is 0 Å². The van der Waals surface area contributed by atoms with Gasteiger partial charge in [-0.25, -0.2) is 13.1 Å². The Hall–Kier alpha value is -0.130. The normalized spacial score (nSPS) is 32.9. The second kappa shape index (κ2) is 5.27. The average Bonchev–Trinajstić information content (AvgIpc) is 1.99. The van der Waals surface area contributed by atoms with E-state index in [4.69, 9.17) is 5.11 Å². The highest BCUT2D eigenvalue weighted by Gasteiger charge is 2.26. The third-order valence-corrected chi connectivity index (χ3v) is 4.30. The Bertz CT molecular complexity index is 279. The summed E-state index contributed by atoms with van der Waals surface area (Å²) in [7, 11) is -3.28. The molecule has 0 aromatic carbocycles. The first-order chi connectivity index (χ1) is 6.93. The Morgan fingerprint density at radius 1 is 1.20 bits per heavy atom. The van der Waals surface area contributed by atoms with E-state index in [1.54, 1.807) is 0 Å². The lowest BCUT2D eigenvalue weighted by molar-refractivity contribution is 0.257. The smallest absolute Gasteiger partial charge is 0.214 e. The largest absolute Gasteiger partial charge is 0.395 e. The lowest BCUT2D eigenvalue weighted by Crippen LogP contribution is -2.41. The lowest BCUT2D eigenvalue weighted by Gasteiger charge is -2.31. The molecule has 0 spiro atoms. The molecule has 1 fully saturated rings. The minimum Gasteiger partial charge on any atom is -0.395 e. The average molecular weight is 235 g/mol. The van der Waals surface area contributed by atoms with E-state index in [1.165, 1.54) is 6.42 Å². The van der Waals surface area contributed by atoms with E-state index in [0.29, 0.717) is 11.8 Å². The first kappa shape index (κ1) is 12.9. The number of nitrogens with one attached hydrogen (secondary N) is 1. The van der Waals surface area contributed by atoms with Gasteiger partial charge in [0.25, 0.3) is 0 Å². The zero-order valence-corrected chi connectivity index (χ0v) is 10.3. The highest BCUT2D eigenvalue weighted by Crippen LogP contribution is 2.28. The monoisotopic (exact) mass is 235 g/mol. The summed E-state index contributed by atoms with van der Waals surface area (Å²) in [6.07, 6.45) is 3.00. The summed E-state index contributed by atoms with van der Waals surface area (Å²) >= 11 is 0. The van der Waals surface area contributed by atoms with Crippen molar-refractivity contribution in [3.63, 3.8) is 0 Å². The summed E-state index contributed by atoms with van der Waals surface area (Å²) in [6.45, 7) is 4.00. The molecule has 15 heavy (non-hydrogen) atoms. The van der Waals surface area contributed by atoms with Crippen molar-refractivity contribution in [1.82, 2.24) is 4.72 Å². The quantitative estimate of drug-likeness (QED) is 0.754. The number of sulfonamides is 1. The van der Waals surface area contributed by atoms with Crippen molar-refractivity contribution in [2.24, 2.45) is 11.8 Å². The number of rotatable bonds is 4. The van der Waals surface area contributed by atoms with Gasteiger partial charge in [-0.15, -0.1) is 0 Å². The molecule has 0 heterocycles. The molecule has 0 amide bonds. The van der Waals surface area contributed by atoms with Crippen LogP contribution in [0.3, 0.4) is 0 Å². The summed E-state index contributed by atoms with van der Waals surface area (Å²) in [5.74, 6) is 0.970. The summed E-state index contributed by atoms with van der Waals surface area (Å²) in [5.41, 5.74) is 0. The van der Waals surface area contributed by atoms with Gasteiger partial charge in [0.2, 0.25) is 10.0 Å². The molecule has 90 valence electrons. The van der Waals surface area contributed by atoms with E-state index in [1.807, 2.05) is 0 Å². The molecule has 0 radical (unpaired) electrons. The molecule has 0 saturated heterocycles. The number of hydrogen-bond donors (Lipinski definition) is 2. The van der Waals surface area contributed by atoms with Gasteiger partial charge in [0.15, 0.2) is 0 Å². The SMILES string of the molecule is CC1CC(C)CC(NS(=O)(=O)CCO)C1. The molecule has 0 aliphatic heterocycles. The van der Waals surface area contributed by atoms with Crippen LogP contribution in [0, 0.1) is 11.8 Å². The van der Waals surface area contributed by atoms with E-state index in [9.17, 15) is 8.42 Å². The summed E-state index contributed by atoms with van der Waals surface area (Å²) < 4.78 is 25.6. The highest BCUT2D eigenvalue weighted by atomic mass is 32.2. The van der Waals surface area contributed by atoms with Gasteiger partial charge in [-0.2, -0.15) is 0 Å². The molecular formula is C10H21NO3S. The summed E-state index contributed by atoms with van der Waals surface area (Å²) in [4.78, 5) is 0. The van der Waals surface area contributed by atoms with E-state index in [0.717, 1.165) is 12.8 Å². The molecule has 2 atom stereocenters. The van der Waals surface area contributed by atoms with Crippen molar-refractivity contribution < 1.29 is 13.5 Å². The summed E-state index contributed by atoms with van der Waals surface area (Å²) in [5, 5.41) is 8.62. The van der Waals surface area contributed by atoms with Crippen molar-refractivity contribution in [1.29, 1.82) is 0 Å². The number of aliphatic hydroxyl groups excluding tert-OH is 1.